The first kappa shape index (κ1) is 18.5. The number of oxime groups is 1. The predicted octanol–water partition coefficient (Wildman–Crippen LogP) is 6.54. The SMILES string of the molecule is Cc1nc2cc(Nc3ccc(C(=NO)c4ccccc4C)c(Cl)c3)ccc2s1. The molecule has 0 radical (unpaired) electrons. The van der Waals surface area contributed by atoms with Gasteiger partial charge in [0.05, 0.1) is 20.2 Å². The number of benzene rings is 3. The van der Waals surface area contributed by atoms with E-state index >= 15 is 0 Å². The third kappa shape index (κ3) is 3.59. The highest BCUT2D eigenvalue weighted by molar-refractivity contribution is 7.18. The van der Waals surface area contributed by atoms with Gasteiger partial charge in [-0.15, -0.1) is 11.3 Å². The molecule has 0 atom stereocenters. The second-order valence-electron chi connectivity index (χ2n) is 6.50. The van der Waals surface area contributed by atoms with E-state index in [2.05, 4.69) is 21.5 Å². The minimum Gasteiger partial charge on any atom is -0.410 e. The average molecular weight is 408 g/mol. The number of halogens is 1. The predicted molar refractivity (Wildman–Crippen MR) is 118 cm³/mol. The van der Waals surface area contributed by atoms with Crippen LogP contribution < -0.4 is 5.32 Å². The maximum atomic E-state index is 9.60. The Morgan fingerprint density at radius 3 is 2.50 bits per heavy atom. The number of aryl methyl sites for hydroxylation is 2. The van der Waals surface area contributed by atoms with Gasteiger partial charge in [0.15, 0.2) is 0 Å². The second-order valence-corrected chi connectivity index (χ2v) is 8.14. The van der Waals surface area contributed by atoms with Crippen molar-refractivity contribution in [3.63, 3.8) is 0 Å². The summed E-state index contributed by atoms with van der Waals surface area (Å²) in [4.78, 5) is 4.53. The highest BCUT2D eigenvalue weighted by atomic mass is 35.5. The summed E-state index contributed by atoms with van der Waals surface area (Å²) < 4.78 is 1.17. The zero-order valence-corrected chi connectivity index (χ0v) is 17.0. The lowest BCUT2D eigenvalue weighted by molar-refractivity contribution is 0.319. The van der Waals surface area contributed by atoms with Crippen molar-refractivity contribution in [3.05, 3.63) is 87.4 Å². The molecule has 6 heteroatoms. The molecule has 4 aromatic rings. The first-order valence-corrected chi connectivity index (χ1v) is 9.97. The van der Waals surface area contributed by atoms with Crippen molar-refractivity contribution in [2.75, 3.05) is 5.32 Å². The Morgan fingerprint density at radius 2 is 1.75 bits per heavy atom. The molecule has 4 nitrogen and oxygen atoms in total. The summed E-state index contributed by atoms with van der Waals surface area (Å²) in [5.74, 6) is 0. The molecule has 0 fully saturated rings. The molecular formula is C22H18ClN3OS. The maximum Gasteiger partial charge on any atom is 0.118 e. The van der Waals surface area contributed by atoms with Crippen LogP contribution in [0.1, 0.15) is 21.7 Å². The van der Waals surface area contributed by atoms with Crippen molar-refractivity contribution in [1.82, 2.24) is 4.98 Å². The summed E-state index contributed by atoms with van der Waals surface area (Å²) in [5.41, 5.74) is 5.75. The van der Waals surface area contributed by atoms with Crippen molar-refractivity contribution in [1.29, 1.82) is 0 Å². The van der Waals surface area contributed by atoms with Crippen molar-refractivity contribution < 1.29 is 5.21 Å². The number of hydrogen-bond donors (Lipinski definition) is 2. The van der Waals surface area contributed by atoms with Gasteiger partial charge >= 0.3 is 0 Å². The number of anilines is 2. The lowest BCUT2D eigenvalue weighted by Crippen LogP contribution is -2.06. The molecule has 28 heavy (non-hydrogen) atoms. The summed E-state index contributed by atoms with van der Waals surface area (Å²) in [7, 11) is 0. The van der Waals surface area contributed by atoms with Gasteiger partial charge in [0.1, 0.15) is 5.71 Å². The lowest BCUT2D eigenvalue weighted by atomic mass is 9.98. The molecule has 0 aliphatic rings. The van der Waals surface area contributed by atoms with Crippen LogP contribution in [0.5, 0.6) is 0 Å². The zero-order valence-electron chi connectivity index (χ0n) is 15.4. The van der Waals surface area contributed by atoms with Crippen molar-refractivity contribution in [3.8, 4) is 0 Å². The van der Waals surface area contributed by atoms with Crippen LogP contribution in [0.25, 0.3) is 10.2 Å². The lowest BCUT2D eigenvalue weighted by Gasteiger charge is -2.12. The van der Waals surface area contributed by atoms with Crippen molar-refractivity contribution in [2.24, 2.45) is 5.16 Å². The van der Waals surface area contributed by atoms with E-state index in [0.29, 0.717) is 16.3 Å². The van der Waals surface area contributed by atoms with Gasteiger partial charge in [0, 0.05) is 22.5 Å². The van der Waals surface area contributed by atoms with Crippen molar-refractivity contribution >= 4 is 50.2 Å². The Hall–Kier alpha value is -2.89. The summed E-state index contributed by atoms with van der Waals surface area (Å²) in [5, 5.41) is 18.0. The van der Waals surface area contributed by atoms with Gasteiger partial charge in [-0.2, -0.15) is 0 Å². The minimum atomic E-state index is 0.453. The van der Waals surface area contributed by atoms with Gasteiger partial charge in [0.2, 0.25) is 0 Å². The van der Waals surface area contributed by atoms with Crippen LogP contribution in [0, 0.1) is 13.8 Å². The first-order valence-electron chi connectivity index (χ1n) is 8.77. The van der Waals surface area contributed by atoms with Crippen LogP contribution >= 0.6 is 22.9 Å². The molecule has 1 heterocycles. The first-order chi connectivity index (χ1) is 13.5. The van der Waals surface area contributed by atoms with Gasteiger partial charge < -0.3 is 10.5 Å². The summed E-state index contributed by atoms with van der Waals surface area (Å²) in [6.07, 6.45) is 0. The smallest absolute Gasteiger partial charge is 0.118 e. The molecule has 0 spiro atoms. The minimum absolute atomic E-state index is 0.453. The standard InChI is InChI=1S/C22H18ClN3OS/c1-13-5-3-4-6-17(13)22(26-27)18-9-7-15(11-19(18)23)25-16-8-10-21-20(12-16)24-14(2)28-21/h3-12,25,27H,1-2H3. The van der Waals surface area contributed by atoms with Gasteiger partial charge in [0.25, 0.3) is 0 Å². The van der Waals surface area contributed by atoms with Crippen LogP contribution in [0.3, 0.4) is 0 Å². The number of thiazole rings is 1. The molecule has 0 aliphatic heterocycles. The van der Waals surface area contributed by atoms with Gasteiger partial charge in [-0.05, 0) is 55.8 Å². The van der Waals surface area contributed by atoms with E-state index in [1.807, 2.05) is 68.4 Å². The van der Waals surface area contributed by atoms with Gasteiger partial charge in [-0.3, -0.25) is 0 Å². The molecule has 0 bridgehead atoms. The Morgan fingerprint density at radius 1 is 1.00 bits per heavy atom. The van der Waals surface area contributed by atoms with Crippen LogP contribution in [0.4, 0.5) is 11.4 Å². The number of hydrogen-bond acceptors (Lipinski definition) is 5. The molecule has 0 aliphatic carbocycles. The Labute approximate surface area is 172 Å². The molecule has 0 amide bonds. The number of rotatable bonds is 4. The molecule has 3 aromatic carbocycles. The highest BCUT2D eigenvalue weighted by Crippen LogP contribution is 2.29. The number of aromatic nitrogens is 1. The van der Waals surface area contributed by atoms with Crippen LogP contribution in [0.15, 0.2) is 65.8 Å². The summed E-state index contributed by atoms with van der Waals surface area (Å²) in [6, 6.07) is 19.5. The third-order valence-electron chi connectivity index (χ3n) is 4.51. The Balaban J connectivity index is 1.64. The Kier molecular flexibility index (Phi) is 5.03. The van der Waals surface area contributed by atoms with Crippen LogP contribution in [-0.2, 0) is 0 Å². The van der Waals surface area contributed by atoms with E-state index in [0.717, 1.165) is 33.0 Å². The van der Waals surface area contributed by atoms with E-state index in [1.165, 1.54) is 4.70 Å². The molecule has 2 N–H and O–H groups in total. The van der Waals surface area contributed by atoms with Crippen LogP contribution in [0.2, 0.25) is 5.02 Å². The number of fused-ring (bicyclic) bond motifs is 1. The van der Waals surface area contributed by atoms with E-state index < -0.39 is 0 Å². The normalized spacial score (nSPS) is 11.8. The number of nitrogens with zero attached hydrogens (tertiary/aromatic N) is 2. The summed E-state index contributed by atoms with van der Waals surface area (Å²) in [6.45, 7) is 3.98. The topological polar surface area (TPSA) is 57.5 Å². The molecule has 0 saturated heterocycles. The van der Waals surface area contributed by atoms with Crippen LogP contribution in [-0.4, -0.2) is 15.9 Å². The van der Waals surface area contributed by atoms with E-state index in [-0.39, 0.29) is 0 Å². The Bertz CT molecular complexity index is 1200. The molecule has 140 valence electrons. The molecular weight excluding hydrogens is 390 g/mol. The fourth-order valence-electron chi connectivity index (χ4n) is 3.16. The molecule has 0 saturated carbocycles. The molecule has 4 rings (SSSR count). The van der Waals surface area contributed by atoms with Crippen molar-refractivity contribution in [2.45, 2.75) is 13.8 Å². The fourth-order valence-corrected chi connectivity index (χ4v) is 4.24. The average Bonchev–Trinajstić information content (AvgIpc) is 3.04. The van der Waals surface area contributed by atoms with E-state index in [4.69, 9.17) is 11.6 Å². The fraction of sp³-hybridized carbons (Fsp3) is 0.0909. The second kappa shape index (κ2) is 7.62. The summed E-state index contributed by atoms with van der Waals surface area (Å²) >= 11 is 8.21. The number of nitrogens with one attached hydrogen (secondary N) is 1. The maximum absolute atomic E-state index is 9.60. The molecule has 0 unspecified atom stereocenters. The van der Waals surface area contributed by atoms with Gasteiger partial charge in [-0.1, -0.05) is 41.0 Å². The van der Waals surface area contributed by atoms with E-state index in [9.17, 15) is 5.21 Å². The largest absolute Gasteiger partial charge is 0.410 e. The highest BCUT2D eigenvalue weighted by Gasteiger charge is 2.14. The van der Waals surface area contributed by atoms with Gasteiger partial charge in [-0.25, -0.2) is 4.98 Å². The van der Waals surface area contributed by atoms with E-state index in [1.54, 1.807) is 11.3 Å². The third-order valence-corrected chi connectivity index (χ3v) is 5.77. The molecule has 1 aromatic heterocycles. The quantitative estimate of drug-likeness (QED) is 0.229. The monoisotopic (exact) mass is 407 g/mol. The zero-order chi connectivity index (χ0) is 19.7.